The molecule has 84 valence electrons. The third kappa shape index (κ3) is 2.65. The van der Waals surface area contributed by atoms with E-state index in [4.69, 9.17) is 5.26 Å². The molecule has 0 unspecified atom stereocenters. The van der Waals surface area contributed by atoms with Crippen molar-refractivity contribution in [2.45, 2.75) is 23.9 Å². The fourth-order valence-corrected chi connectivity index (χ4v) is 3.03. The van der Waals surface area contributed by atoms with Crippen LogP contribution in [0.25, 0.3) is 0 Å². The van der Waals surface area contributed by atoms with E-state index >= 15 is 0 Å². The molecule has 0 bridgehead atoms. The summed E-state index contributed by atoms with van der Waals surface area (Å²) in [5.74, 6) is 0.585. The van der Waals surface area contributed by atoms with Crippen molar-refractivity contribution in [3.8, 4) is 6.07 Å². The Kier molecular flexibility index (Phi) is 3.65. The van der Waals surface area contributed by atoms with Crippen molar-refractivity contribution in [3.63, 3.8) is 0 Å². The van der Waals surface area contributed by atoms with E-state index in [0.717, 1.165) is 19.4 Å². The van der Waals surface area contributed by atoms with Crippen LogP contribution in [0.5, 0.6) is 0 Å². The van der Waals surface area contributed by atoms with Gasteiger partial charge in [0.15, 0.2) is 0 Å². The molecule has 5 heteroatoms. The minimum Gasteiger partial charge on any atom is -0.313 e. The number of nitriles is 1. The van der Waals surface area contributed by atoms with Crippen LogP contribution in [0.1, 0.15) is 18.4 Å². The van der Waals surface area contributed by atoms with Crippen LogP contribution in [0.3, 0.4) is 0 Å². The van der Waals surface area contributed by atoms with Gasteiger partial charge in [0.25, 0.3) is 0 Å². The number of hydrogen-bond acceptors (Lipinski definition) is 4. The predicted octanol–water partition coefficient (Wildman–Crippen LogP) is 0.813. The molecule has 2 rings (SSSR count). The molecule has 1 aliphatic rings. The zero-order valence-electron chi connectivity index (χ0n) is 8.85. The summed E-state index contributed by atoms with van der Waals surface area (Å²) in [6, 6.07) is 5.57. The summed E-state index contributed by atoms with van der Waals surface area (Å²) < 4.78 is 12.0. The molecule has 1 fully saturated rings. The highest BCUT2D eigenvalue weighted by Crippen LogP contribution is 2.11. The smallest absolute Gasteiger partial charge is 0.128 e. The van der Waals surface area contributed by atoms with Gasteiger partial charge < -0.3 is 5.32 Å². The molecule has 4 nitrogen and oxygen atoms in total. The number of rotatable bonds is 3. The Hall–Kier alpha value is -1.25. The summed E-state index contributed by atoms with van der Waals surface area (Å²) in [7, 11) is -1.11. The number of aromatic nitrogens is 1. The van der Waals surface area contributed by atoms with Crippen molar-refractivity contribution in [1.82, 2.24) is 10.3 Å². The maximum absolute atomic E-state index is 12.0. The maximum atomic E-state index is 12.0. The first-order valence-corrected chi connectivity index (χ1v) is 6.59. The Labute approximate surface area is 97.2 Å². The lowest BCUT2D eigenvalue weighted by Gasteiger charge is -2.08. The molecule has 1 N–H and O–H groups in total. The molecule has 0 amide bonds. The minimum atomic E-state index is -1.11. The SMILES string of the molecule is N#Cc1ccnc([S@@](=O)C[C@H]2CCCN2)c1. The lowest BCUT2D eigenvalue weighted by molar-refractivity contribution is 0.641. The number of pyridine rings is 1. The summed E-state index contributed by atoms with van der Waals surface area (Å²) in [5, 5.41) is 12.5. The zero-order chi connectivity index (χ0) is 11.4. The summed E-state index contributed by atoms with van der Waals surface area (Å²) >= 11 is 0. The van der Waals surface area contributed by atoms with Crippen LogP contribution in [0.15, 0.2) is 23.4 Å². The van der Waals surface area contributed by atoms with Gasteiger partial charge in [-0.15, -0.1) is 0 Å². The highest BCUT2D eigenvalue weighted by atomic mass is 32.2. The molecule has 0 spiro atoms. The van der Waals surface area contributed by atoms with E-state index in [1.54, 1.807) is 12.1 Å². The van der Waals surface area contributed by atoms with Crippen molar-refractivity contribution < 1.29 is 4.21 Å². The van der Waals surface area contributed by atoms with E-state index in [9.17, 15) is 4.21 Å². The fourth-order valence-electron chi connectivity index (χ4n) is 1.77. The molecule has 1 aliphatic heterocycles. The van der Waals surface area contributed by atoms with Crippen LogP contribution in [-0.2, 0) is 10.8 Å². The van der Waals surface area contributed by atoms with Gasteiger partial charge in [0.2, 0.25) is 0 Å². The van der Waals surface area contributed by atoms with E-state index in [0.29, 0.717) is 22.4 Å². The van der Waals surface area contributed by atoms with E-state index in [-0.39, 0.29) is 0 Å². The lowest BCUT2D eigenvalue weighted by Crippen LogP contribution is -2.27. The van der Waals surface area contributed by atoms with Gasteiger partial charge in [0, 0.05) is 18.0 Å². The van der Waals surface area contributed by atoms with Crippen LogP contribution in [0.4, 0.5) is 0 Å². The summed E-state index contributed by atoms with van der Waals surface area (Å²) in [4.78, 5) is 4.05. The quantitative estimate of drug-likeness (QED) is 0.842. The first-order chi connectivity index (χ1) is 7.79. The normalized spacial score (nSPS) is 21.6. The summed E-state index contributed by atoms with van der Waals surface area (Å²) in [5.41, 5.74) is 0.512. The van der Waals surface area contributed by atoms with Crippen molar-refractivity contribution in [2.24, 2.45) is 0 Å². The molecule has 2 atom stereocenters. The predicted molar refractivity (Wildman–Crippen MR) is 61.3 cm³/mol. The average molecular weight is 235 g/mol. The van der Waals surface area contributed by atoms with Crippen molar-refractivity contribution in [2.75, 3.05) is 12.3 Å². The number of nitrogens with one attached hydrogen (secondary N) is 1. The second kappa shape index (κ2) is 5.19. The first kappa shape index (κ1) is 11.2. The van der Waals surface area contributed by atoms with E-state index in [1.165, 1.54) is 6.20 Å². The molecule has 0 radical (unpaired) electrons. The molecule has 1 aromatic heterocycles. The Morgan fingerprint density at radius 2 is 2.56 bits per heavy atom. The monoisotopic (exact) mass is 235 g/mol. The molecule has 2 heterocycles. The van der Waals surface area contributed by atoms with Crippen molar-refractivity contribution >= 4 is 10.8 Å². The Balaban J connectivity index is 2.05. The topological polar surface area (TPSA) is 65.8 Å². The first-order valence-electron chi connectivity index (χ1n) is 5.27. The van der Waals surface area contributed by atoms with Crippen molar-refractivity contribution in [1.29, 1.82) is 5.26 Å². The van der Waals surface area contributed by atoms with Crippen LogP contribution in [0.2, 0.25) is 0 Å². The van der Waals surface area contributed by atoms with Crippen LogP contribution in [-0.4, -0.2) is 27.5 Å². The summed E-state index contributed by atoms with van der Waals surface area (Å²) in [6.45, 7) is 1.01. The highest BCUT2D eigenvalue weighted by Gasteiger charge is 2.18. The van der Waals surface area contributed by atoms with Gasteiger partial charge in [-0.25, -0.2) is 4.98 Å². The lowest BCUT2D eigenvalue weighted by atomic mass is 10.3. The second-order valence-electron chi connectivity index (χ2n) is 3.80. The molecular weight excluding hydrogens is 222 g/mol. The van der Waals surface area contributed by atoms with Gasteiger partial charge in [0.1, 0.15) is 5.03 Å². The number of hydrogen-bond donors (Lipinski definition) is 1. The average Bonchev–Trinajstić information content (AvgIpc) is 2.82. The van der Waals surface area contributed by atoms with Gasteiger partial charge >= 0.3 is 0 Å². The molecule has 16 heavy (non-hydrogen) atoms. The highest BCUT2D eigenvalue weighted by molar-refractivity contribution is 7.85. The zero-order valence-corrected chi connectivity index (χ0v) is 9.67. The summed E-state index contributed by atoms with van der Waals surface area (Å²) in [6.07, 6.45) is 3.76. The third-order valence-corrected chi connectivity index (χ3v) is 4.01. The van der Waals surface area contributed by atoms with Gasteiger partial charge in [-0.3, -0.25) is 4.21 Å². The number of nitrogens with zero attached hydrogens (tertiary/aromatic N) is 2. The molecule has 0 aliphatic carbocycles. The van der Waals surface area contributed by atoms with Crippen LogP contribution in [0, 0.1) is 11.3 Å². The van der Waals surface area contributed by atoms with E-state index in [2.05, 4.69) is 10.3 Å². The molecule has 0 saturated carbocycles. The van der Waals surface area contributed by atoms with Crippen LogP contribution >= 0.6 is 0 Å². The fraction of sp³-hybridized carbons (Fsp3) is 0.455. The second-order valence-corrected chi connectivity index (χ2v) is 5.24. The molecule has 0 aromatic carbocycles. The van der Waals surface area contributed by atoms with Gasteiger partial charge in [0.05, 0.1) is 22.4 Å². The van der Waals surface area contributed by atoms with Gasteiger partial charge in [-0.1, -0.05) is 0 Å². The Morgan fingerprint density at radius 1 is 1.69 bits per heavy atom. The largest absolute Gasteiger partial charge is 0.313 e. The Morgan fingerprint density at radius 3 is 3.25 bits per heavy atom. The molecule has 1 saturated heterocycles. The third-order valence-electron chi connectivity index (χ3n) is 2.61. The van der Waals surface area contributed by atoms with Crippen LogP contribution < -0.4 is 5.32 Å². The maximum Gasteiger partial charge on any atom is 0.128 e. The van der Waals surface area contributed by atoms with Gasteiger partial charge in [-0.2, -0.15) is 5.26 Å². The molecule has 1 aromatic rings. The molecular formula is C11H13N3OS. The van der Waals surface area contributed by atoms with E-state index in [1.807, 2.05) is 6.07 Å². The van der Waals surface area contributed by atoms with Gasteiger partial charge in [-0.05, 0) is 31.5 Å². The Bertz CT molecular complexity index is 435. The van der Waals surface area contributed by atoms with E-state index < -0.39 is 10.8 Å². The standard InChI is InChI=1S/C11H13N3OS/c12-7-9-3-5-14-11(6-9)16(15)8-10-2-1-4-13-10/h3,5-6,10,13H,1-2,4,8H2/t10-,16+/m1/s1. The minimum absolute atomic E-state index is 0.327. The van der Waals surface area contributed by atoms with Crippen molar-refractivity contribution in [3.05, 3.63) is 23.9 Å².